The van der Waals surface area contributed by atoms with E-state index < -0.39 is 85.6 Å². The molecule has 17 heteroatoms. The predicted molar refractivity (Wildman–Crippen MR) is 207 cm³/mol. The Kier molecular flexibility index (Phi) is 15.7. The molecule has 0 spiro atoms. The summed E-state index contributed by atoms with van der Waals surface area (Å²) in [5.74, 6) is -0.470. The van der Waals surface area contributed by atoms with Gasteiger partial charge in [-0.15, -0.1) is 0 Å². The van der Waals surface area contributed by atoms with E-state index in [1.54, 1.807) is 14.0 Å². The number of methoxy groups -OCH3 is 2. The van der Waals surface area contributed by atoms with Crippen molar-refractivity contribution in [2.45, 2.75) is 87.9 Å². The van der Waals surface area contributed by atoms with E-state index in [0.29, 0.717) is 23.0 Å². The Hall–Kier alpha value is -4.98. The van der Waals surface area contributed by atoms with Gasteiger partial charge in [-0.25, -0.2) is 4.79 Å². The molecule has 2 fully saturated rings. The molecule has 4 unspecified atom stereocenters. The van der Waals surface area contributed by atoms with E-state index in [9.17, 15) is 39.9 Å². The van der Waals surface area contributed by atoms with Crippen LogP contribution in [0.5, 0.6) is 17.2 Å². The van der Waals surface area contributed by atoms with Gasteiger partial charge < -0.3 is 64.6 Å². The monoisotopic (exact) mass is 809 g/mol. The molecule has 3 aromatic carbocycles. The first kappa shape index (κ1) is 44.1. The zero-order valence-electron chi connectivity index (χ0n) is 32.6. The van der Waals surface area contributed by atoms with Crippen LogP contribution in [0.2, 0.25) is 0 Å². The van der Waals surface area contributed by atoms with Crippen LogP contribution in [0, 0.1) is 6.92 Å². The second kappa shape index (κ2) is 20.6. The van der Waals surface area contributed by atoms with Crippen LogP contribution >= 0.6 is 0 Å². The van der Waals surface area contributed by atoms with Crippen molar-refractivity contribution in [3.05, 3.63) is 89.5 Å². The molecule has 10 atom stereocenters. The van der Waals surface area contributed by atoms with Crippen LogP contribution < -0.4 is 20.1 Å². The van der Waals surface area contributed by atoms with E-state index in [1.807, 2.05) is 79.7 Å². The number of aliphatic hydroxyl groups is 4. The third-order valence-corrected chi connectivity index (χ3v) is 9.86. The summed E-state index contributed by atoms with van der Waals surface area (Å²) in [6.45, 7) is 3.31. The zero-order chi connectivity index (χ0) is 41.9. The van der Waals surface area contributed by atoms with Gasteiger partial charge in [0.2, 0.25) is 11.8 Å². The third kappa shape index (κ3) is 11.1. The van der Waals surface area contributed by atoms with Crippen molar-refractivity contribution >= 4 is 23.5 Å². The number of amides is 2. The van der Waals surface area contributed by atoms with Gasteiger partial charge in [0.25, 0.3) is 0 Å². The number of benzene rings is 3. The first-order valence-electron chi connectivity index (χ1n) is 18.8. The van der Waals surface area contributed by atoms with Crippen molar-refractivity contribution in [1.29, 1.82) is 0 Å². The molecule has 7 N–H and O–H groups in total. The highest BCUT2D eigenvalue weighted by atomic mass is 16.7. The fraction of sp³-hybridized carbons (Fsp3) is 0.463. The standard InChI is InChI=1S/C41H51N3O14/c1-22-5-11-27(12-6-22)56-28-15-9-25(10-16-28)33(24-7-13-26(53-3)14-8-24)43-20-19-42-30(46)17-18-31(47)44-32-23(2)55-29(21-45)34(48)37(32)57-41-36(50)35(49)38(54-4)39(58-41)40(51)52/h5-16,23,29,32,34-39,41,45,48-50H,17-21H2,1-4H3,(H,42,46)(H,44,47)(H,51,52)/t23-,29?,32?,34+,35+,36?,37+,38-,39?,41+/m0/s1. The smallest absolute Gasteiger partial charge is 0.335 e. The number of nitrogens with one attached hydrogen (secondary N) is 2. The summed E-state index contributed by atoms with van der Waals surface area (Å²) >= 11 is 0. The number of carboxylic acids is 1. The van der Waals surface area contributed by atoms with Crippen LogP contribution in [-0.2, 0) is 33.3 Å². The van der Waals surface area contributed by atoms with Crippen LogP contribution in [0.1, 0.15) is 36.5 Å². The SMILES string of the molecule is COc1ccc(C(=NCCNC(=O)CCC(=O)NC2[C@H](C)OC(CO)[C@@H](O)[C@@H]2O[C@@H]2OC(C(=O)O)[C@@H](OC)[C@H](O)C2O)c2ccc(Oc3ccc(C)cc3)cc2)cc1. The highest BCUT2D eigenvalue weighted by molar-refractivity contribution is 6.13. The second-order valence-corrected chi connectivity index (χ2v) is 13.9. The number of ether oxygens (including phenoxy) is 6. The molecule has 2 heterocycles. The number of hydrogen-bond donors (Lipinski definition) is 7. The van der Waals surface area contributed by atoms with Gasteiger partial charge in [0.1, 0.15) is 53.9 Å². The molecule has 0 aromatic heterocycles. The fourth-order valence-electron chi connectivity index (χ4n) is 6.67. The van der Waals surface area contributed by atoms with E-state index in [2.05, 4.69) is 10.6 Å². The zero-order valence-corrected chi connectivity index (χ0v) is 32.6. The van der Waals surface area contributed by atoms with E-state index >= 15 is 0 Å². The third-order valence-electron chi connectivity index (χ3n) is 9.86. The van der Waals surface area contributed by atoms with Gasteiger partial charge in [-0.1, -0.05) is 17.7 Å². The summed E-state index contributed by atoms with van der Waals surface area (Å²) in [6.07, 6.45) is -14.0. The van der Waals surface area contributed by atoms with Crippen LogP contribution in [-0.4, -0.2) is 144 Å². The number of hydrogen-bond acceptors (Lipinski definition) is 14. The second-order valence-electron chi connectivity index (χ2n) is 13.9. The first-order chi connectivity index (χ1) is 27.8. The molecule has 3 aromatic rings. The number of aryl methyl sites for hydroxylation is 1. The molecule has 0 bridgehead atoms. The molecule has 314 valence electrons. The number of nitrogens with zero attached hydrogens (tertiary/aromatic N) is 1. The van der Waals surface area contributed by atoms with Crippen molar-refractivity contribution < 1.29 is 68.3 Å². The fourth-order valence-corrected chi connectivity index (χ4v) is 6.67. The van der Waals surface area contributed by atoms with E-state index in [1.165, 1.54) is 0 Å². The van der Waals surface area contributed by atoms with E-state index in [0.717, 1.165) is 23.8 Å². The quantitative estimate of drug-likeness (QED) is 0.0746. The maximum Gasteiger partial charge on any atom is 0.335 e. The Morgan fingerprint density at radius 1 is 0.776 bits per heavy atom. The Labute approximate surface area is 335 Å². The lowest BCUT2D eigenvalue weighted by molar-refractivity contribution is -0.327. The minimum absolute atomic E-state index is 0.170. The first-order valence-corrected chi connectivity index (χ1v) is 18.8. The molecule has 2 amide bonds. The number of aliphatic hydroxyl groups excluding tert-OH is 4. The molecular formula is C41H51N3O14. The highest BCUT2D eigenvalue weighted by Gasteiger charge is 2.52. The molecule has 0 aliphatic carbocycles. The number of aliphatic carboxylic acids is 1. The number of aliphatic imine (C=N–C) groups is 1. The van der Waals surface area contributed by atoms with Crippen LogP contribution in [0.3, 0.4) is 0 Å². The summed E-state index contributed by atoms with van der Waals surface area (Å²) < 4.78 is 33.2. The lowest BCUT2D eigenvalue weighted by Crippen LogP contribution is -2.67. The van der Waals surface area contributed by atoms with Crippen molar-refractivity contribution in [1.82, 2.24) is 10.6 Å². The van der Waals surface area contributed by atoms with Gasteiger partial charge >= 0.3 is 5.97 Å². The van der Waals surface area contributed by atoms with Crippen molar-refractivity contribution in [2.24, 2.45) is 4.99 Å². The molecule has 2 aliphatic heterocycles. The normalized spacial score (nSPS) is 27.3. The van der Waals surface area contributed by atoms with Crippen LogP contribution in [0.25, 0.3) is 0 Å². The Morgan fingerprint density at radius 3 is 1.93 bits per heavy atom. The van der Waals surface area contributed by atoms with Crippen molar-refractivity contribution in [3.8, 4) is 17.2 Å². The molecule has 0 saturated carbocycles. The average molecular weight is 810 g/mol. The van der Waals surface area contributed by atoms with Gasteiger partial charge in [0.15, 0.2) is 12.4 Å². The van der Waals surface area contributed by atoms with Gasteiger partial charge in [-0.3, -0.25) is 14.6 Å². The van der Waals surface area contributed by atoms with Crippen molar-refractivity contribution in [2.75, 3.05) is 33.9 Å². The summed E-state index contributed by atoms with van der Waals surface area (Å²) in [4.78, 5) is 42.6. The van der Waals surface area contributed by atoms with Gasteiger partial charge in [0, 0.05) is 37.6 Å². The van der Waals surface area contributed by atoms with Gasteiger partial charge in [0.05, 0.1) is 38.1 Å². The Bertz CT molecular complexity index is 1840. The molecule has 2 aliphatic rings. The summed E-state index contributed by atoms with van der Waals surface area (Å²) in [5, 5.41) is 57.1. The molecule has 58 heavy (non-hydrogen) atoms. The van der Waals surface area contributed by atoms with Crippen molar-refractivity contribution in [3.63, 3.8) is 0 Å². The summed E-state index contributed by atoms with van der Waals surface area (Å²) in [7, 11) is 2.72. The number of carbonyl (C=O) groups is 3. The number of rotatable bonds is 17. The Balaban J connectivity index is 1.18. The van der Waals surface area contributed by atoms with E-state index in [-0.39, 0.29) is 25.9 Å². The number of carboxylic acid groups (broad SMARTS) is 1. The topological polar surface area (TPSA) is 244 Å². The molecule has 5 rings (SSSR count). The average Bonchev–Trinajstić information content (AvgIpc) is 3.22. The molecule has 17 nitrogen and oxygen atoms in total. The summed E-state index contributed by atoms with van der Waals surface area (Å²) in [6, 6.07) is 21.6. The predicted octanol–water partition coefficient (Wildman–Crippen LogP) is 1.09. The van der Waals surface area contributed by atoms with Crippen LogP contribution in [0.4, 0.5) is 0 Å². The van der Waals surface area contributed by atoms with Gasteiger partial charge in [-0.05, 0) is 74.5 Å². The van der Waals surface area contributed by atoms with Gasteiger partial charge in [-0.2, -0.15) is 0 Å². The lowest BCUT2D eigenvalue weighted by Gasteiger charge is -2.47. The summed E-state index contributed by atoms with van der Waals surface area (Å²) in [5.41, 5.74) is 3.46. The lowest BCUT2D eigenvalue weighted by atomic mass is 9.92. The highest BCUT2D eigenvalue weighted by Crippen LogP contribution is 2.30. The minimum atomic E-state index is -1.81. The largest absolute Gasteiger partial charge is 0.497 e. The Morgan fingerprint density at radius 2 is 1.36 bits per heavy atom. The maximum absolute atomic E-state index is 13.1. The van der Waals surface area contributed by atoms with Crippen LogP contribution in [0.15, 0.2) is 77.8 Å². The maximum atomic E-state index is 13.1. The minimum Gasteiger partial charge on any atom is -0.497 e. The molecule has 0 radical (unpaired) electrons. The molecular weight excluding hydrogens is 758 g/mol. The number of carbonyl (C=O) groups excluding carboxylic acids is 2. The van der Waals surface area contributed by atoms with E-state index in [4.69, 9.17) is 33.4 Å². The molecule has 2 saturated heterocycles.